The molecule has 2 N–H and O–H groups in total. The van der Waals surface area contributed by atoms with Crippen molar-refractivity contribution in [2.24, 2.45) is 5.73 Å². The fourth-order valence-corrected chi connectivity index (χ4v) is 3.08. The van der Waals surface area contributed by atoms with Gasteiger partial charge in [-0.25, -0.2) is 0 Å². The summed E-state index contributed by atoms with van der Waals surface area (Å²) in [7, 11) is 0. The monoisotopic (exact) mass is 261 g/mol. The Hall–Kier alpha value is -0.900. The van der Waals surface area contributed by atoms with E-state index in [4.69, 9.17) is 5.73 Å². The third-order valence-corrected chi connectivity index (χ3v) is 4.27. The molecule has 1 heterocycles. The Morgan fingerprint density at radius 1 is 1.26 bits per heavy atom. The van der Waals surface area contributed by atoms with Crippen LogP contribution in [-0.4, -0.2) is 42.5 Å². The molecule has 0 saturated heterocycles. The van der Waals surface area contributed by atoms with Gasteiger partial charge in [0.1, 0.15) is 0 Å². The van der Waals surface area contributed by atoms with Crippen LogP contribution >= 0.6 is 0 Å². The lowest BCUT2D eigenvalue weighted by atomic mass is 10.1. The highest BCUT2D eigenvalue weighted by molar-refractivity contribution is 5.34. The van der Waals surface area contributed by atoms with Crippen molar-refractivity contribution in [2.45, 2.75) is 32.9 Å². The van der Waals surface area contributed by atoms with E-state index in [0.29, 0.717) is 6.04 Å². The fourth-order valence-electron chi connectivity index (χ4n) is 3.08. The van der Waals surface area contributed by atoms with Crippen LogP contribution in [0.1, 0.15) is 37.4 Å². The first-order valence-corrected chi connectivity index (χ1v) is 7.54. The van der Waals surface area contributed by atoms with Gasteiger partial charge in [-0.1, -0.05) is 38.1 Å². The third-order valence-electron chi connectivity index (χ3n) is 4.27. The summed E-state index contributed by atoms with van der Waals surface area (Å²) in [5.74, 6) is 0. The standard InChI is InChI=1S/C16H27N3/c1-3-18(4-2)10-7-11-19-13-14-8-5-6-9-15(14)16(19)12-17/h5-6,8-9,16H,3-4,7,10-13,17H2,1-2H3. The first-order valence-electron chi connectivity index (χ1n) is 7.54. The van der Waals surface area contributed by atoms with Crippen LogP contribution in [-0.2, 0) is 6.54 Å². The molecule has 0 aromatic heterocycles. The van der Waals surface area contributed by atoms with E-state index in [1.54, 1.807) is 0 Å². The molecular weight excluding hydrogens is 234 g/mol. The number of hydrogen-bond acceptors (Lipinski definition) is 3. The summed E-state index contributed by atoms with van der Waals surface area (Å²) < 4.78 is 0. The van der Waals surface area contributed by atoms with Gasteiger partial charge in [0.15, 0.2) is 0 Å². The Morgan fingerprint density at radius 3 is 2.68 bits per heavy atom. The lowest BCUT2D eigenvalue weighted by molar-refractivity contribution is 0.199. The van der Waals surface area contributed by atoms with Gasteiger partial charge < -0.3 is 10.6 Å². The molecular formula is C16H27N3. The second-order valence-electron chi connectivity index (χ2n) is 5.30. The van der Waals surface area contributed by atoms with E-state index in [2.05, 4.69) is 47.9 Å². The van der Waals surface area contributed by atoms with Crippen LogP contribution in [0.25, 0.3) is 0 Å². The summed E-state index contributed by atoms with van der Waals surface area (Å²) in [6.07, 6.45) is 1.23. The van der Waals surface area contributed by atoms with E-state index < -0.39 is 0 Å². The number of benzene rings is 1. The third kappa shape index (κ3) is 3.35. The second kappa shape index (κ2) is 7.04. The maximum absolute atomic E-state index is 5.97. The molecule has 19 heavy (non-hydrogen) atoms. The Kier molecular flexibility index (Phi) is 5.37. The van der Waals surface area contributed by atoms with Crippen molar-refractivity contribution in [3.63, 3.8) is 0 Å². The molecule has 0 aliphatic carbocycles. The molecule has 2 rings (SSSR count). The Bertz CT molecular complexity index is 387. The van der Waals surface area contributed by atoms with Crippen LogP contribution in [0.15, 0.2) is 24.3 Å². The molecule has 1 unspecified atom stereocenters. The first kappa shape index (κ1) is 14.5. The highest BCUT2D eigenvalue weighted by Crippen LogP contribution is 2.32. The summed E-state index contributed by atoms with van der Waals surface area (Å²) in [5, 5.41) is 0. The van der Waals surface area contributed by atoms with Crippen molar-refractivity contribution >= 4 is 0 Å². The topological polar surface area (TPSA) is 32.5 Å². The van der Waals surface area contributed by atoms with Crippen LogP contribution in [0.5, 0.6) is 0 Å². The van der Waals surface area contributed by atoms with Gasteiger partial charge in [-0.05, 0) is 37.2 Å². The average Bonchev–Trinajstić information content (AvgIpc) is 2.81. The highest BCUT2D eigenvalue weighted by Gasteiger charge is 2.27. The average molecular weight is 261 g/mol. The van der Waals surface area contributed by atoms with Crippen molar-refractivity contribution in [1.82, 2.24) is 9.80 Å². The van der Waals surface area contributed by atoms with Gasteiger partial charge in [0.2, 0.25) is 0 Å². The number of nitrogens with two attached hydrogens (primary N) is 1. The van der Waals surface area contributed by atoms with Gasteiger partial charge in [0.25, 0.3) is 0 Å². The molecule has 106 valence electrons. The molecule has 1 aromatic rings. The lowest BCUT2D eigenvalue weighted by Crippen LogP contribution is -2.32. The highest BCUT2D eigenvalue weighted by atomic mass is 15.2. The Morgan fingerprint density at radius 2 is 2.00 bits per heavy atom. The minimum atomic E-state index is 0.424. The molecule has 1 atom stereocenters. The van der Waals surface area contributed by atoms with Crippen molar-refractivity contribution in [3.05, 3.63) is 35.4 Å². The number of hydrogen-bond donors (Lipinski definition) is 1. The molecule has 0 spiro atoms. The smallest absolute Gasteiger partial charge is 0.0477 e. The van der Waals surface area contributed by atoms with Crippen LogP contribution in [0.2, 0.25) is 0 Å². The minimum Gasteiger partial charge on any atom is -0.329 e. The lowest BCUT2D eigenvalue weighted by Gasteiger charge is -2.25. The molecule has 0 amide bonds. The molecule has 3 heteroatoms. The van der Waals surface area contributed by atoms with Crippen molar-refractivity contribution < 1.29 is 0 Å². The summed E-state index contributed by atoms with van der Waals surface area (Å²) >= 11 is 0. The maximum Gasteiger partial charge on any atom is 0.0477 e. The predicted octanol–water partition coefficient (Wildman–Crippen LogP) is 2.23. The van der Waals surface area contributed by atoms with Crippen LogP contribution in [0.4, 0.5) is 0 Å². The number of nitrogens with zero attached hydrogens (tertiary/aromatic N) is 2. The predicted molar refractivity (Wildman–Crippen MR) is 81.1 cm³/mol. The SMILES string of the molecule is CCN(CC)CCCN1Cc2ccccc2C1CN. The van der Waals surface area contributed by atoms with E-state index in [0.717, 1.165) is 32.7 Å². The zero-order valence-electron chi connectivity index (χ0n) is 12.3. The van der Waals surface area contributed by atoms with Gasteiger partial charge in [0.05, 0.1) is 0 Å². The van der Waals surface area contributed by atoms with Crippen molar-refractivity contribution in [3.8, 4) is 0 Å². The molecule has 0 fully saturated rings. The fraction of sp³-hybridized carbons (Fsp3) is 0.625. The van der Waals surface area contributed by atoms with E-state index >= 15 is 0 Å². The number of fused-ring (bicyclic) bond motifs is 1. The van der Waals surface area contributed by atoms with Crippen molar-refractivity contribution in [2.75, 3.05) is 32.7 Å². The van der Waals surface area contributed by atoms with Crippen molar-refractivity contribution in [1.29, 1.82) is 0 Å². The summed E-state index contributed by atoms with van der Waals surface area (Å²) in [6.45, 7) is 10.9. The van der Waals surface area contributed by atoms with Gasteiger partial charge in [-0.15, -0.1) is 0 Å². The normalized spacial score (nSPS) is 19.1. The van der Waals surface area contributed by atoms with E-state index in [-0.39, 0.29) is 0 Å². The largest absolute Gasteiger partial charge is 0.329 e. The number of rotatable bonds is 7. The molecule has 0 saturated carbocycles. The van der Waals surface area contributed by atoms with Gasteiger partial charge in [0, 0.05) is 25.7 Å². The zero-order chi connectivity index (χ0) is 13.7. The molecule has 0 radical (unpaired) electrons. The van der Waals surface area contributed by atoms with E-state index in [9.17, 15) is 0 Å². The van der Waals surface area contributed by atoms with E-state index in [1.165, 1.54) is 24.1 Å². The summed E-state index contributed by atoms with van der Waals surface area (Å²) in [5.41, 5.74) is 8.87. The molecule has 1 aliphatic rings. The minimum absolute atomic E-state index is 0.424. The second-order valence-corrected chi connectivity index (χ2v) is 5.30. The van der Waals surface area contributed by atoms with Gasteiger partial charge in [-0.3, -0.25) is 4.90 Å². The quantitative estimate of drug-likeness (QED) is 0.817. The molecule has 1 aromatic carbocycles. The Labute approximate surface area is 117 Å². The van der Waals surface area contributed by atoms with Crippen LogP contribution < -0.4 is 5.73 Å². The molecule has 1 aliphatic heterocycles. The molecule has 0 bridgehead atoms. The van der Waals surface area contributed by atoms with Gasteiger partial charge in [-0.2, -0.15) is 0 Å². The Balaban J connectivity index is 1.89. The molecule has 3 nitrogen and oxygen atoms in total. The van der Waals surface area contributed by atoms with Crippen LogP contribution in [0, 0.1) is 0 Å². The van der Waals surface area contributed by atoms with Crippen LogP contribution in [0.3, 0.4) is 0 Å². The summed E-state index contributed by atoms with van der Waals surface area (Å²) in [4.78, 5) is 5.02. The van der Waals surface area contributed by atoms with Gasteiger partial charge >= 0.3 is 0 Å². The maximum atomic E-state index is 5.97. The van der Waals surface area contributed by atoms with E-state index in [1.807, 2.05) is 0 Å². The zero-order valence-corrected chi connectivity index (χ0v) is 12.3. The summed E-state index contributed by atoms with van der Waals surface area (Å²) in [6, 6.07) is 9.15. The first-order chi connectivity index (χ1) is 9.30.